The lowest BCUT2D eigenvalue weighted by Crippen LogP contribution is -2.23. The maximum Gasteiger partial charge on any atom is 0.251 e. The molecule has 0 bridgehead atoms. The highest BCUT2D eigenvalue weighted by molar-refractivity contribution is 7.15. The fraction of sp³-hybridized carbons (Fsp3) is 0.500. The molecule has 0 fully saturated rings. The number of anilines is 1. The molecule has 6 heteroatoms. The van der Waals surface area contributed by atoms with Crippen molar-refractivity contribution in [3.63, 3.8) is 0 Å². The van der Waals surface area contributed by atoms with Crippen LogP contribution in [0.5, 0.6) is 0 Å². The Hall–Kier alpha value is -1.69. The third-order valence-corrected chi connectivity index (χ3v) is 4.40. The Morgan fingerprint density at radius 1 is 1.35 bits per heavy atom. The highest BCUT2D eigenvalue weighted by Gasteiger charge is 2.16. The van der Waals surface area contributed by atoms with E-state index in [1.54, 1.807) is 6.07 Å². The molecular formula is C14H18N4OS. The van der Waals surface area contributed by atoms with Crippen molar-refractivity contribution in [2.24, 2.45) is 0 Å². The zero-order valence-corrected chi connectivity index (χ0v) is 12.4. The van der Waals surface area contributed by atoms with Crippen LogP contribution in [-0.4, -0.2) is 21.3 Å². The molecule has 0 atom stereocenters. The normalized spacial score (nSPS) is 13.4. The van der Waals surface area contributed by atoms with Crippen LogP contribution in [0.2, 0.25) is 0 Å². The summed E-state index contributed by atoms with van der Waals surface area (Å²) in [6, 6.07) is 3.64. The van der Waals surface area contributed by atoms with E-state index in [-0.39, 0.29) is 5.56 Å². The van der Waals surface area contributed by atoms with Gasteiger partial charge in [0.15, 0.2) is 0 Å². The molecule has 2 aromatic rings. The fourth-order valence-electron chi connectivity index (χ4n) is 2.56. The number of hydrogen-bond acceptors (Lipinski definition) is 5. The summed E-state index contributed by atoms with van der Waals surface area (Å²) in [5.41, 5.74) is 2.54. The van der Waals surface area contributed by atoms with Crippen LogP contribution in [-0.2, 0) is 19.4 Å². The molecule has 2 heterocycles. The Kier molecular flexibility index (Phi) is 3.82. The fourth-order valence-corrected chi connectivity index (χ4v) is 3.32. The minimum Gasteiger partial charge on any atom is -0.360 e. The Morgan fingerprint density at radius 3 is 3.10 bits per heavy atom. The summed E-state index contributed by atoms with van der Waals surface area (Å²) in [7, 11) is 0. The second kappa shape index (κ2) is 5.75. The molecule has 1 N–H and O–H groups in total. The minimum absolute atomic E-state index is 0.0592. The maximum atomic E-state index is 12.1. The van der Waals surface area contributed by atoms with E-state index in [1.165, 1.54) is 22.6 Å². The average Bonchev–Trinajstić information content (AvgIpc) is 3.08. The zero-order chi connectivity index (χ0) is 13.9. The molecule has 0 unspecified atom stereocenters. The van der Waals surface area contributed by atoms with Crippen molar-refractivity contribution in [1.29, 1.82) is 0 Å². The van der Waals surface area contributed by atoms with Crippen molar-refractivity contribution in [3.8, 4) is 0 Å². The van der Waals surface area contributed by atoms with Gasteiger partial charge in [0.25, 0.3) is 5.56 Å². The number of hydrogen-bond donors (Lipinski definition) is 1. The second-order valence-corrected chi connectivity index (χ2v) is 6.07. The first-order valence-electron chi connectivity index (χ1n) is 7.06. The summed E-state index contributed by atoms with van der Waals surface area (Å²) in [6.45, 7) is 3.55. The number of aryl methyl sites for hydroxylation is 1. The molecule has 1 aliphatic rings. The number of nitrogens with zero attached hydrogens (tertiary/aromatic N) is 3. The summed E-state index contributed by atoms with van der Waals surface area (Å²) >= 11 is 1.53. The third kappa shape index (κ3) is 2.60. The smallest absolute Gasteiger partial charge is 0.251 e. The van der Waals surface area contributed by atoms with Crippen LogP contribution >= 0.6 is 11.3 Å². The molecule has 20 heavy (non-hydrogen) atoms. The Morgan fingerprint density at radius 2 is 2.25 bits per heavy atom. The van der Waals surface area contributed by atoms with Gasteiger partial charge in [-0.1, -0.05) is 24.3 Å². The summed E-state index contributed by atoms with van der Waals surface area (Å²) in [5, 5.41) is 13.2. The zero-order valence-electron chi connectivity index (χ0n) is 11.6. The van der Waals surface area contributed by atoms with E-state index in [0.717, 1.165) is 42.4 Å². The Bertz CT molecular complexity index is 661. The molecule has 0 saturated carbocycles. The van der Waals surface area contributed by atoms with Crippen molar-refractivity contribution < 1.29 is 0 Å². The van der Waals surface area contributed by atoms with Gasteiger partial charge in [-0.15, -0.1) is 10.2 Å². The molecule has 0 aliphatic heterocycles. The predicted octanol–water partition coefficient (Wildman–Crippen LogP) is 2.06. The van der Waals surface area contributed by atoms with E-state index in [0.29, 0.717) is 6.54 Å². The lowest BCUT2D eigenvalue weighted by atomic mass is 10.2. The molecule has 0 radical (unpaired) electrons. The molecule has 0 saturated heterocycles. The highest BCUT2D eigenvalue weighted by Crippen LogP contribution is 2.22. The van der Waals surface area contributed by atoms with Gasteiger partial charge < -0.3 is 9.88 Å². The van der Waals surface area contributed by atoms with Crippen molar-refractivity contribution in [2.75, 3.05) is 11.9 Å². The number of nitrogens with one attached hydrogen (secondary N) is 1. The lowest BCUT2D eigenvalue weighted by molar-refractivity contribution is 0.697. The predicted molar refractivity (Wildman–Crippen MR) is 80.5 cm³/mol. The first-order valence-corrected chi connectivity index (χ1v) is 7.87. The molecule has 0 spiro atoms. The third-order valence-electron chi connectivity index (χ3n) is 3.54. The van der Waals surface area contributed by atoms with Crippen LogP contribution in [0.3, 0.4) is 0 Å². The van der Waals surface area contributed by atoms with Crippen LogP contribution in [0, 0.1) is 0 Å². The van der Waals surface area contributed by atoms with E-state index in [1.807, 2.05) is 10.6 Å². The monoisotopic (exact) mass is 290 g/mol. The molecule has 106 valence electrons. The van der Waals surface area contributed by atoms with Gasteiger partial charge in [-0.3, -0.25) is 4.79 Å². The largest absolute Gasteiger partial charge is 0.360 e. The lowest BCUT2D eigenvalue weighted by Gasteiger charge is -2.09. The first kappa shape index (κ1) is 13.3. The standard InChI is InChI=1S/C14H18N4OS/c1-2-8-15-14-17-16-12(20-14)9-18-11-5-3-4-10(11)6-7-13(18)19/h6-7H,2-5,8-9H2,1H3,(H,15,17). The van der Waals surface area contributed by atoms with Gasteiger partial charge in [0.2, 0.25) is 5.13 Å². The van der Waals surface area contributed by atoms with E-state index < -0.39 is 0 Å². The van der Waals surface area contributed by atoms with Crippen molar-refractivity contribution in [2.45, 2.75) is 39.2 Å². The Labute approximate surface area is 121 Å². The summed E-state index contributed by atoms with van der Waals surface area (Å²) in [4.78, 5) is 12.1. The molecule has 3 rings (SSSR count). The van der Waals surface area contributed by atoms with Gasteiger partial charge in [-0.25, -0.2) is 0 Å². The van der Waals surface area contributed by atoms with Gasteiger partial charge in [0, 0.05) is 18.3 Å². The maximum absolute atomic E-state index is 12.1. The quantitative estimate of drug-likeness (QED) is 0.915. The number of pyridine rings is 1. The number of aromatic nitrogens is 3. The molecule has 0 aromatic carbocycles. The molecular weight excluding hydrogens is 272 g/mol. The topological polar surface area (TPSA) is 59.8 Å². The van der Waals surface area contributed by atoms with E-state index >= 15 is 0 Å². The molecule has 0 amide bonds. The van der Waals surface area contributed by atoms with Crippen LogP contribution in [0.4, 0.5) is 5.13 Å². The van der Waals surface area contributed by atoms with Crippen LogP contribution < -0.4 is 10.9 Å². The van der Waals surface area contributed by atoms with Crippen LogP contribution in [0.25, 0.3) is 0 Å². The molecule has 1 aliphatic carbocycles. The Balaban J connectivity index is 1.83. The van der Waals surface area contributed by atoms with Crippen LogP contribution in [0.15, 0.2) is 16.9 Å². The summed E-state index contributed by atoms with van der Waals surface area (Å²) in [5.74, 6) is 0. The summed E-state index contributed by atoms with van der Waals surface area (Å²) in [6.07, 6.45) is 4.26. The van der Waals surface area contributed by atoms with Gasteiger partial charge in [-0.05, 0) is 31.2 Å². The number of rotatable bonds is 5. The summed E-state index contributed by atoms with van der Waals surface area (Å²) < 4.78 is 1.85. The van der Waals surface area contributed by atoms with Gasteiger partial charge in [0.1, 0.15) is 5.01 Å². The van der Waals surface area contributed by atoms with Crippen molar-refractivity contribution in [3.05, 3.63) is 38.8 Å². The number of fused-ring (bicyclic) bond motifs is 1. The van der Waals surface area contributed by atoms with Crippen molar-refractivity contribution in [1.82, 2.24) is 14.8 Å². The second-order valence-electron chi connectivity index (χ2n) is 5.01. The van der Waals surface area contributed by atoms with E-state index in [2.05, 4.69) is 22.4 Å². The highest BCUT2D eigenvalue weighted by atomic mass is 32.1. The van der Waals surface area contributed by atoms with Gasteiger partial charge >= 0.3 is 0 Å². The molecule has 5 nitrogen and oxygen atoms in total. The SMILES string of the molecule is CCCNc1nnc(Cn2c3c(ccc2=O)CCC3)s1. The van der Waals surface area contributed by atoms with E-state index in [4.69, 9.17) is 0 Å². The van der Waals surface area contributed by atoms with Gasteiger partial charge in [-0.2, -0.15) is 0 Å². The molecule has 2 aromatic heterocycles. The minimum atomic E-state index is 0.0592. The van der Waals surface area contributed by atoms with Crippen molar-refractivity contribution >= 4 is 16.5 Å². The first-order chi connectivity index (χ1) is 9.78. The van der Waals surface area contributed by atoms with Gasteiger partial charge in [0.05, 0.1) is 6.54 Å². The van der Waals surface area contributed by atoms with Crippen LogP contribution in [0.1, 0.15) is 36.0 Å². The average molecular weight is 290 g/mol. The van der Waals surface area contributed by atoms with E-state index in [9.17, 15) is 4.79 Å².